The highest BCUT2D eigenvalue weighted by atomic mass is 16.3. The molecule has 2 aliphatic rings. The Kier molecular flexibility index (Phi) is 2.39. The van der Waals surface area contributed by atoms with Crippen molar-refractivity contribution < 1.29 is 14.0 Å². The van der Waals surface area contributed by atoms with Gasteiger partial charge in [0.05, 0.1) is 6.26 Å². The summed E-state index contributed by atoms with van der Waals surface area (Å²) in [5, 5.41) is 0. The molecular formula is C12H14N2O3. The van der Waals surface area contributed by atoms with Crippen LogP contribution >= 0.6 is 0 Å². The van der Waals surface area contributed by atoms with Gasteiger partial charge < -0.3 is 14.2 Å². The van der Waals surface area contributed by atoms with E-state index in [-0.39, 0.29) is 18.4 Å². The van der Waals surface area contributed by atoms with Crippen LogP contribution in [-0.2, 0) is 4.79 Å². The largest absolute Gasteiger partial charge is 0.459 e. The van der Waals surface area contributed by atoms with E-state index in [4.69, 9.17) is 4.42 Å². The molecule has 0 spiro atoms. The van der Waals surface area contributed by atoms with Crippen molar-refractivity contribution in [2.45, 2.75) is 18.9 Å². The lowest BCUT2D eigenvalue weighted by molar-refractivity contribution is -0.135. The number of carbonyl (C=O) groups is 2. The van der Waals surface area contributed by atoms with Crippen LogP contribution in [0.25, 0.3) is 0 Å². The van der Waals surface area contributed by atoms with E-state index < -0.39 is 0 Å². The van der Waals surface area contributed by atoms with Crippen molar-refractivity contribution in [2.24, 2.45) is 0 Å². The standard InChI is InChI=1S/C12H14N2O3/c15-11-8-13(5-6-14(11)9-3-4-9)12(16)10-2-1-7-17-10/h1-2,7,9H,3-6,8H2. The van der Waals surface area contributed by atoms with Gasteiger partial charge in [0.15, 0.2) is 5.76 Å². The molecule has 0 bridgehead atoms. The fraction of sp³-hybridized carbons (Fsp3) is 0.500. The van der Waals surface area contributed by atoms with Crippen molar-refractivity contribution in [1.29, 1.82) is 0 Å². The van der Waals surface area contributed by atoms with Crippen LogP contribution in [0.3, 0.4) is 0 Å². The number of hydrogen-bond acceptors (Lipinski definition) is 3. The second kappa shape index (κ2) is 3.91. The highest BCUT2D eigenvalue weighted by Gasteiger charge is 2.37. The fourth-order valence-electron chi connectivity index (χ4n) is 2.19. The van der Waals surface area contributed by atoms with Gasteiger partial charge >= 0.3 is 0 Å². The van der Waals surface area contributed by atoms with Gasteiger partial charge in [-0.2, -0.15) is 0 Å². The molecule has 1 aromatic rings. The molecule has 90 valence electrons. The number of nitrogens with zero attached hydrogens (tertiary/aromatic N) is 2. The third-order valence-corrected chi connectivity index (χ3v) is 3.26. The zero-order valence-corrected chi connectivity index (χ0v) is 9.46. The van der Waals surface area contributed by atoms with Crippen LogP contribution in [0.15, 0.2) is 22.8 Å². The average molecular weight is 234 g/mol. The molecule has 0 aromatic carbocycles. The zero-order chi connectivity index (χ0) is 11.8. The summed E-state index contributed by atoms with van der Waals surface area (Å²) < 4.78 is 5.05. The van der Waals surface area contributed by atoms with E-state index >= 15 is 0 Å². The predicted molar refractivity (Wildman–Crippen MR) is 59.3 cm³/mol. The molecule has 0 N–H and O–H groups in total. The Bertz CT molecular complexity index is 437. The van der Waals surface area contributed by atoms with Crippen LogP contribution in [-0.4, -0.2) is 47.3 Å². The van der Waals surface area contributed by atoms with Crippen LogP contribution in [0.2, 0.25) is 0 Å². The second-order valence-electron chi connectivity index (χ2n) is 4.52. The Morgan fingerprint density at radius 1 is 1.35 bits per heavy atom. The predicted octanol–water partition coefficient (Wildman–Crippen LogP) is 0.726. The lowest BCUT2D eigenvalue weighted by Crippen LogP contribution is -2.52. The third kappa shape index (κ3) is 1.92. The van der Waals surface area contributed by atoms with Crippen molar-refractivity contribution in [3.8, 4) is 0 Å². The summed E-state index contributed by atoms with van der Waals surface area (Å²) in [5.41, 5.74) is 0. The molecular weight excluding hydrogens is 220 g/mol. The molecule has 1 aliphatic heterocycles. The van der Waals surface area contributed by atoms with Crippen LogP contribution < -0.4 is 0 Å². The summed E-state index contributed by atoms with van der Waals surface area (Å²) in [6.45, 7) is 1.42. The topological polar surface area (TPSA) is 53.8 Å². The van der Waals surface area contributed by atoms with Gasteiger partial charge in [0, 0.05) is 19.1 Å². The normalized spacial score (nSPS) is 20.8. The third-order valence-electron chi connectivity index (χ3n) is 3.26. The molecule has 5 heteroatoms. The van der Waals surface area contributed by atoms with E-state index in [9.17, 15) is 9.59 Å². The van der Waals surface area contributed by atoms with Gasteiger partial charge in [-0.15, -0.1) is 0 Å². The Morgan fingerprint density at radius 3 is 2.76 bits per heavy atom. The molecule has 0 atom stereocenters. The van der Waals surface area contributed by atoms with E-state index in [1.54, 1.807) is 17.0 Å². The fourth-order valence-corrected chi connectivity index (χ4v) is 2.19. The lowest BCUT2D eigenvalue weighted by atomic mass is 10.2. The smallest absolute Gasteiger partial charge is 0.290 e. The monoisotopic (exact) mass is 234 g/mol. The van der Waals surface area contributed by atoms with Crippen molar-refractivity contribution >= 4 is 11.8 Å². The molecule has 2 amide bonds. The van der Waals surface area contributed by atoms with Gasteiger partial charge in [-0.1, -0.05) is 0 Å². The Hall–Kier alpha value is -1.78. The minimum absolute atomic E-state index is 0.0543. The molecule has 2 fully saturated rings. The average Bonchev–Trinajstić information content (AvgIpc) is 3.02. The molecule has 1 aromatic heterocycles. The summed E-state index contributed by atoms with van der Waals surface area (Å²) in [7, 11) is 0. The summed E-state index contributed by atoms with van der Waals surface area (Å²) in [4.78, 5) is 27.3. The molecule has 17 heavy (non-hydrogen) atoms. The molecule has 5 nitrogen and oxygen atoms in total. The summed E-state index contributed by atoms with van der Waals surface area (Å²) in [6, 6.07) is 3.73. The first kappa shape index (κ1) is 10.4. The second-order valence-corrected chi connectivity index (χ2v) is 4.52. The maximum Gasteiger partial charge on any atom is 0.290 e. The summed E-state index contributed by atoms with van der Waals surface area (Å²) in [5.74, 6) is 0.162. The first-order chi connectivity index (χ1) is 8.25. The number of rotatable bonds is 2. The number of hydrogen-bond donors (Lipinski definition) is 0. The van der Waals surface area contributed by atoms with E-state index in [0.29, 0.717) is 24.9 Å². The molecule has 1 saturated carbocycles. The molecule has 0 unspecified atom stereocenters. The quantitative estimate of drug-likeness (QED) is 0.758. The van der Waals surface area contributed by atoms with E-state index in [1.165, 1.54) is 6.26 Å². The van der Waals surface area contributed by atoms with Crippen molar-refractivity contribution in [3.05, 3.63) is 24.2 Å². The van der Waals surface area contributed by atoms with Gasteiger partial charge in [-0.3, -0.25) is 9.59 Å². The number of furan rings is 1. The van der Waals surface area contributed by atoms with Crippen LogP contribution in [0, 0.1) is 0 Å². The number of carbonyl (C=O) groups excluding carboxylic acids is 2. The maximum atomic E-state index is 12.0. The minimum atomic E-state index is -0.196. The highest BCUT2D eigenvalue weighted by molar-refractivity contribution is 5.95. The molecule has 1 aliphatic carbocycles. The lowest BCUT2D eigenvalue weighted by Gasteiger charge is -2.34. The number of piperazine rings is 1. The first-order valence-corrected chi connectivity index (χ1v) is 5.88. The van der Waals surface area contributed by atoms with Gasteiger partial charge in [0.1, 0.15) is 6.54 Å². The molecule has 1 saturated heterocycles. The maximum absolute atomic E-state index is 12.0. The van der Waals surface area contributed by atoms with E-state index in [1.807, 2.05) is 4.90 Å². The minimum Gasteiger partial charge on any atom is -0.459 e. The van der Waals surface area contributed by atoms with Gasteiger partial charge in [0.2, 0.25) is 5.91 Å². The zero-order valence-electron chi connectivity index (χ0n) is 9.46. The van der Waals surface area contributed by atoms with Gasteiger partial charge in [0.25, 0.3) is 5.91 Å². The van der Waals surface area contributed by atoms with Crippen LogP contribution in [0.4, 0.5) is 0 Å². The Morgan fingerprint density at radius 2 is 2.18 bits per heavy atom. The van der Waals surface area contributed by atoms with Crippen molar-refractivity contribution in [1.82, 2.24) is 9.80 Å². The van der Waals surface area contributed by atoms with Gasteiger partial charge in [-0.25, -0.2) is 0 Å². The Balaban J connectivity index is 1.67. The molecule has 0 radical (unpaired) electrons. The SMILES string of the molecule is O=C(c1ccco1)N1CCN(C2CC2)C(=O)C1. The Labute approximate surface area is 99.0 Å². The first-order valence-electron chi connectivity index (χ1n) is 5.88. The van der Waals surface area contributed by atoms with Crippen LogP contribution in [0.5, 0.6) is 0 Å². The molecule has 3 rings (SSSR count). The summed E-state index contributed by atoms with van der Waals surface area (Å²) >= 11 is 0. The highest BCUT2D eigenvalue weighted by Crippen LogP contribution is 2.28. The number of amides is 2. The molecule has 2 heterocycles. The van der Waals surface area contributed by atoms with E-state index in [2.05, 4.69) is 0 Å². The van der Waals surface area contributed by atoms with Gasteiger partial charge in [-0.05, 0) is 25.0 Å². The van der Waals surface area contributed by atoms with Crippen LogP contribution in [0.1, 0.15) is 23.4 Å². The van der Waals surface area contributed by atoms with Crippen molar-refractivity contribution in [2.75, 3.05) is 19.6 Å². The summed E-state index contributed by atoms with van der Waals surface area (Å²) in [6.07, 6.45) is 3.69. The van der Waals surface area contributed by atoms with Crippen molar-refractivity contribution in [3.63, 3.8) is 0 Å². The van der Waals surface area contributed by atoms with E-state index in [0.717, 1.165) is 12.8 Å².